The van der Waals surface area contributed by atoms with Gasteiger partial charge in [0.05, 0.1) is 32.5 Å². The molecule has 2 rings (SSSR count). The summed E-state index contributed by atoms with van der Waals surface area (Å²) in [5.74, 6) is -0.380. The highest BCUT2D eigenvalue weighted by molar-refractivity contribution is 5.50. The summed E-state index contributed by atoms with van der Waals surface area (Å²) >= 11 is 0. The van der Waals surface area contributed by atoms with Crippen molar-refractivity contribution in [1.82, 2.24) is 0 Å². The molecule has 1 aromatic rings. The van der Waals surface area contributed by atoms with Crippen molar-refractivity contribution in [2.75, 3.05) is 31.3 Å². The molecule has 0 radical (unpaired) electrons. The van der Waals surface area contributed by atoms with Crippen LogP contribution in [-0.2, 0) is 11.3 Å². The van der Waals surface area contributed by atoms with Gasteiger partial charge in [-0.25, -0.2) is 4.39 Å². The second kappa shape index (κ2) is 5.44. The lowest BCUT2D eigenvalue weighted by atomic mass is 10.1. The number of hydrogen-bond acceptors (Lipinski definition) is 4. The van der Waals surface area contributed by atoms with Gasteiger partial charge >= 0.3 is 0 Å². The Hall–Kier alpha value is -1.17. The summed E-state index contributed by atoms with van der Waals surface area (Å²) in [4.78, 5) is 1.91. The van der Waals surface area contributed by atoms with Crippen LogP contribution in [-0.4, -0.2) is 42.6 Å². The smallest absolute Gasteiger partial charge is 0.125 e. The van der Waals surface area contributed by atoms with Gasteiger partial charge in [-0.1, -0.05) is 0 Å². The summed E-state index contributed by atoms with van der Waals surface area (Å²) in [6.45, 7) is 1.37. The van der Waals surface area contributed by atoms with E-state index in [9.17, 15) is 9.50 Å². The van der Waals surface area contributed by atoms with E-state index in [2.05, 4.69) is 0 Å². The van der Waals surface area contributed by atoms with Crippen LogP contribution in [0.4, 0.5) is 10.1 Å². The Morgan fingerprint density at radius 1 is 1.35 bits per heavy atom. The molecule has 2 N–H and O–H groups in total. The summed E-state index contributed by atoms with van der Waals surface area (Å²) in [7, 11) is 0. The van der Waals surface area contributed by atoms with Crippen LogP contribution in [0.15, 0.2) is 18.2 Å². The lowest BCUT2D eigenvalue weighted by Gasteiger charge is -2.36. The number of anilines is 1. The number of ether oxygens (including phenoxy) is 1. The van der Waals surface area contributed by atoms with E-state index >= 15 is 0 Å². The molecule has 0 bridgehead atoms. The third-order valence-corrected chi connectivity index (χ3v) is 2.89. The number of aliphatic hydroxyl groups excluding tert-OH is 2. The molecule has 0 saturated carbocycles. The molecule has 1 fully saturated rings. The number of rotatable bonds is 3. The molecule has 0 amide bonds. The fourth-order valence-corrected chi connectivity index (χ4v) is 2.04. The van der Waals surface area contributed by atoms with Crippen molar-refractivity contribution >= 4 is 5.69 Å². The molecule has 17 heavy (non-hydrogen) atoms. The molecular weight excluding hydrogens is 225 g/mol. The second-order valence-electron chi connectivity index (χ2n) is 4.08. The monoisotopic (exact) mass is 241 g/mol. The average Bonchev–Trinajstić information content (AvgIpc) is 2.37. The maximum atomic E-state index is 13.4. The van der Waals surface area contributed by atoms with E-state index in [0.29, 0.717) is 31.0 Å². The van der Waals surface area contributed by atoms with Crippen molar-refractivity contribution in [2.45, 2.75) is 12.6 Å². The van der Waals surface area contributed by atoms with Gasteiger partial charge < -0.3 is 19.8 Å². The molecule has 5 heteroatoms. The van der Waals surface area contributed by atoms with Gasteiger partial charge in [0.1, 0.15) is 5.82 Å². The summed E-state index contributed by atoms with van der Waals surface area (Å²) in [5, 5.41) is 18.3. The highest BCUT2D eigenvalue weighted by Gasteiger charge is 2.23. The topological polar surface area (TPSA) is 52.9 Å². The third-order valence-electron chi connectivity index (χ3n) is 2.89. The summed E-state index contributed by atoms with van der Waals surface area (Å²) in [5.41, 5.74) is 1.21. The molecule has 4 nitrogen and oxygen atoms in total. The van der Waals surface area contributed by atoms with Gasteiger partial charge in [-0.05, 0) is 23.8 Å². The van der Waals surface area contributed by atoms with Crippen molar-refractivity contribution in [3.8, 4) is 0 Å². The Morgan fingerprint density at radius 2 is 2.18 bits per heavy atom. The highest BCUT2D eigenvalue weighted by Crippen LogP contribution is 2.22. The number of halogens is 1. The molecule has 0 aliphatic carbocycles. The normalized spacial score (nSPS) is 20.6. The highest BCUT2D eigenvalue weighted by atomic mass is 19.1. The first-order valence-corrected chi connectivity index (χ1v) is 5.60. The van der Waals surface area contributed by atoms with E-state index in [-0.39, 0.29) is 25.1 Å². The lowest BCUT2D eigenvalue weighted by Crippen LogP contribution is -2.47. The van der Waals surface area contributed by atoms with E-state index in [1.807, 2.05) is 4.90 Å². The minimum Gasteiger partial charge on any atom is -0.394 e. The molecule has 1 aliphatic heterocycles. The molecule has 0 spiro atoms. The van der Waals surface area contributed by atoms with E-state index < -0.39 is 0 Å². The van der Waals surface area contributed by atoms with Gasteiger partial charge in [0.25, 0.3) is 0 Å². The zero-order valence-corrected chi connectivity index (χ0v) is 9.47. The zero-order valence-electron chi connectivity index (χ0n) is 9.47. The average molecular weight is 241 g/mol. The number of aliphatic hydroxyl groups is 2. The Labute approximate surface area is 99.2 Å². The maximum absolute atomic E-state index is 13.4. The van der Waals surface area contributed by atoms with Crippen LogP contribution in [0.25, 0.3) is 0 Å². The Balaban J connectivity index is 2.27. The number of morpholine rings is 1. The fourth-order valence-electron chi connectivity index (χ4n) is 2.04. The van der Waals surface area contributed by atoms with Crippen LogP contribution in [0.2, 0.25) is 0 Å². The van der Waals surface area contributed by atoms with Crippen molar-refractivity contribution in [3.05, 3.63) is 29.6 Å². The number of hydrogen-bond donors (Lipinski definition) is 2. The van der Waals surface area contributed by atoms with Gasteiger partial charge in [0.15, 0.2) is 0 Å². The van der Waals surface area contributed by atoms with Crippen molar-refractivity contribution in [2.24, 2.45) is 0 Å². The summed E-state index contributed by atoms with van der Waals surface area (Å²) in [6.07, 6.45) is 0. The van der Waals surface area contributed by atoms with E-state index in [4.69, 9.17) is 9.84 Å². The molecule has 1 unspecified atom stereocenters. The zero-order chi connectivity index (χ0) is 12.3. The standard InChI is InChI=1S/C12H16FNO3/c13-10-3-9(6-15)4-11(5-10)14-1-2-17-8-12(14)7-16/h3-5,12,15-16H,1-2,6-8H2. The van der Waals surface area contributed by atoms with Crippen LogP contribution in [0, 0.1) is 5.82 Å². The van der Waals surface area contributed by atoms with Crippen LogP contribution in [0.3, 0.4) is 0 Å². The van der Waals surface area contributed by atoms with E-state index in [1.165, 1.54) is 12.1 Å². The maximum Gasteiger partial charge on any atom is 0.125 e. The largest absolute Gasteiger partial charge is 0.394 e. The second-order valence-corrected chi connectivity index (χ2v) is 4.08. The van der Waals surface area contributed by atoms with E-state index in [1.54, 1.807) is 6.07 Å². The predicted octanol–water partition coefficient (Wildman–Crippen LogP) is 0.516. The first kappa shape index (κ1) is 12.3. The molecule has 0 aromatic heterocycles. The summed E-state index contributed by atoms with van der Waals surface area (Å²) in [6, 6.07) is 4.29. The Kier molecular flexibility index (Phi) is 3.93. The van der Waals surface area contributed by atoms with Crippen LogP contribution >= 0.6 is 0 Å². The van der Waals surface area contributed by atoms with Gasteiger partial charge in [0.2, 0.25) is 0 Å². The lowest BCUT2D eigenvalue weighted by molar-refractivity contribution is 0.0726. The van der Waals surface area contributed by atoms with Gasteiger partial charge in [-0.2, -0.15) is 0 Å². The molecule has 1 aliphatic rings. The van der Waals surface area contributed by atoms with Gasteiger partial charge in [-0.3, -0.25) is 0 Å². The van der Waals surface area contributed by atoms with Crippen molar-refractivity contribution < 1.29 is 19.3 Å². The van der Waals surface area contributed by atoms with Crippen LogP contribution in [0.5, 0.6) is 0 Å². The fraction of sp³-hybridized carbons (Fsp3) is 0.500. The Morgan fingerprint density at radius 3 is 2.88 bits per heavy atom. The first-order chi connectivity index (χ1) is 8.24. The van der Waals surface area contributed by atoms with E-state index in [0.717, 1.165) is 0 Å². The van der Waals surface area contributed by atoms with Crippen LogP contribution < -0.4 is 4.90 Å². The van der Waals surface area contributed by atoms with Crippen molar-refractivity contribution in [3.63, 3.8) is 0 Å². The minimum atomic E-state index is -0.380. The molecule has 94 valence electrons. The summed E-state index contributed by atoms with van der Waals surface area (Å²) < 4.78 is 18.6. The molecule has 1 heterocycles. The molecular formula is C12H16FNO3. The quantitative estimate of drug-likeness (QED) is 0.810. The number of nitrogens with zero attached hydrogens (tertiary/aromatic N) is 1. The SMILES string of the molecule is OCc1cc(F)cc(N2CCOCC2CO)c1. The first-order valence-electron chi connectivity index (χ1n) is 5.60. The predicted molar refractivity (Wildman–Crippen MR) is 61.4 cm³/mol. The van der Waals surface area contributed by atoms with Crippen molar-refractivity contribution in [1.29, 1.82) is 0 Å². The van der Waals surface area contributed by atoms with Gasteiger partial charge in [0, 0.05) is 12.2 Å². The number of benzene rings is 1. The van der Waals surface area contributed by atoms with Gasteiger partial charge in [-0.15, -0.1) is 0 Å². The Bertz CT molecular complexity index is 386. The molecule has 1 saturated heterocycles. The third kappa shape index (κ3) is 2.74. The molecule has 1 aromatic carbocycles. The minimum absolute atomic E-state index is 0.0367. The molecule has 1 atom stereocenters. The van der Waals surface area contributed by atoms with Crippen LogP contribution in [0.1, 0.15) is 5.56 Å².